The van der Waals surface area contributed by atoms with Gasteiger partial charge in [0.05, 0.1) is 4.88 Å². The minimum atomic E-state index is -0.775. The first-order valence-corrected chi connectivity index (χ1v) is 10.4. The van der Waals surface area contributed by atoms with E-state index < -0.39 is 17.5 Å². The Morgan fingerprint density at radius 3 is 2.33 bits per heavy atom. The van der Waals surface area contributed by atoms with Crippen LogP contribution in [0.5, 0.6) is 0 Å². The number of rotatable bonds is 3. The summed E-state index contributed by atoms with van der Waals surface area (Å²) in [6.45, 7) is 0.851. The fourth-order valence-electron chi connectivity index (χ4n) is 3.82. The zero-order valence-electron chi connectivity index (χ0n) is 16.6. The summed E-state index contributed by atoms with van der Waals surface area (Å²) in [5, 5.41) is 0. The standard InChI is InChI=1S/C21H20F2N4O2S/c1-26(2)21(29)18-16(17-19(30-18)25-6-5-24-17)12-3-7-27(8-4-12)20(28)13-9-14(22)11-15(23)10-13/h5-6,9-12H,3-4,7-8H2,1-2H3. The van der Waals surface area contributed by atoms with Crippen LogP contribution in [0.2, 0.25) is 0 Å². The Hall–Kier alpha value is -2.94. The van der Waals surface area contributed by atoms with E-state index >= 15 is 0 Å². The number of halogens is 2. The van der Waals surface area contributed by atoms with Gasteiger partial charge in [0, 0.05) is 56.8 Å². The minimum Gasteiger partial charge on any atom is -0.344 e. The summed E-state index contributed by atoms with van der Waals surface area (Å²) < 4.78 is 27.0. The molecule has 1 aromatic carbocycles. The Balaban J connectivity index is 1.58. The van der Waals surface area contributed by atoms with Crippen LogP contribution in [-0.2, 0) is 0 Å². The molecule has 0 spiro atoms. The first-order valence-electron chi connectivity index (χ1n) is 9.55. The van der Waals surface area contributed by atoms with Gasteiger partial charge in [-0.2, -0.15) is 0 Å². The molecular weight excluding hydrogens is 410 g/mol. The van der Waals surface area contributed by atoms with Crippen molar-refractivity contribution >= 4 is 33.5 Å². The van der Waals surface area contributed by atoms with E-state index in [0.717, 1.165) is 29.3 Å². The number of carbonyl (C=O) groups excluding carboxylic acids is 2. The maximum atomic E-state index is 13.5. The molecule has 1 fully saturated rings. The molecule has 0 saturated carbocycles. The van der Waals surface area contributed by atoms with Gasteiger partial charge in [0.25, 0.3) is 11.8 Å². The highest BCUT2D eigenvalue weighted by Crippen LogP contribution is 2.39. The molecule has 2 amide bonds. The molecule has 4 rings (SSSR count). The van der Waals surface area contributed by atoms with Gasteiger partial charge in [-0.15, -0.1) is 11.3 Å². The Kier molecular flexibility index (Phi) is 5.46. The molecule has 156 valence electrons. The molecule has 0 N–H and O–H groups in total. The molecular formula is C21H20F2N4O2S. The van der Waals surface area contributed by atoms with E-state index in [2.05, 4.69) is 9.97 Å². The molecule has 9 heteroatoms. The van der Waals surface area contributed by atoms with Crippen LogP contribution in [-0.4, -0.2) is 58.8 Å². The highest BCUT2D eigenvalue weighted by Gasteiger charge is 2.31. The van der Waals surface area contributed by atoms with Crippen molar-refractivity contribution in [3.63, 3.8) is 0 Å². The van der Waals surface area contributed by atoms with Crippen LogP contribution in [0.1, 0.15) is 44.4 Å². The van der Waals surface area contributed by atoms with Gasteiger partial charge in [0.15, 0.2) is 0 Å². The molecule has 1 saturated heterocycles. The molecule has 6 nitrogen and oxygen atoms in total. The van der Waals surface area contributed by atoms with Gasteiger partial charge in [-0.05, 0) is 30.9 Å². The SMILES string of the molecule is CN(C)C(=O)c1sc2nccnc2c1C1CCN(C(=O)c2cc(F)cc(F)c2)CC1. The predicted molar refractivity (Wildman–Crippen MR) is 110 cm³/mol. The van der Waals surface area contributed by atoms with E-state index in [4.69, 9.17) is 0 Å². The molecule has 0 bridgehead atoms. The fourth-order valence-corrected chi connectivity index (χ4v) is 5.03. The zero-order valence-corrected chi connectivity index (χ0v) is 17.4. The van der Waals surface area contributed by atoms with Gasteiger partial charge in [0.1, 0.15) is 22.0 Å². The molecule has 2 aromatic heterocycles. The Labute approximate surface area is 176 Å². The second-order valence-corrected chi connectivity index (χ2v) is 8.48. The summed E-state index contributed by atoms with van der Waals surface area (Å²) in [6, 6.07) is 2.84. The van der Waals surface area contributed by atoms with Crippen LogP contribution in [0.25, 0.3) is 10.3 Å². The predicted octanol–water partition coefficient (Wildman–Crippen LogP) is 3.69. The van der Waals surface area contributed by atoms with Crippen molar-refractivity contribution in [2.45, 2.75) is 18.8 Å². The maximum absolute atomic E-state index is 13.5. The second-order valence-electron chi connectivity index (χ2n) is 7.48. The van der Waals surface area contributed by atoms with Crippen LogP contribution in [0.3, 0.4) is 0 Å². The molecule has 3 heterocycles. The van der Waals surface area contributed by atoms with E-state index in [1.165, 1.54) is 16.2 Å². The molecule has 0 radical (unpaired) electrons. The van der Waals surface area contributed by atoms with Crippen molar-refractivity contribution in [1.29, 1.82) is 0 Å². The summed E-state index contributed by atoms with van der Waals surface area (Å²) in [7, 11) is 3.41. The zero-order chi connectivity index (χ0) is 21.4. The number of amides is 2. The molecule has 0 aliphatic carbocycles. The van der Waals surface area contributed by atoms with Crippen molar-refractivity contribution in [3.05, 3.63) is 58.2 Å². The van der Waals surface area contributed by atoms with Gasteiger partial charge in [-0.1, -0.05) is 0 Å². The lowest BCUT2D eigenvalue weighted by molar-refractivity contribution is 0.0709. The Morgan fingerprint density at radius 1 is 1.07 bits per heavy atom. The lowest BCUT2D eigenvalue weighted by atomic mass is 9.88. The normalized spacial score (nSPS) is 14.9. The molecule has 1 aliphatic rings. The van der Waals surface area contributed by atoms with Crippen LogP contribution in [0.15, 0.2) is 30.6 Å². The molecule has 30 heavy (non-hydrogen) atoms. The third kappa shape index (κ3) is 3.77. The highest BCUT2D eigenvalue weighted by atomic mass is 32.1. The van der Waals surface area contributed by atoms with Crippen LogP contribution >= 0.6 is 11.3 Å². The lowest BCUT2D eigenvalue weighted by Crippen LogP contribution is -2.38. The quantitative estimate of drug-likeness (QED) is 0.636. The van der Waals surface area contributed by atoms with Crippen molar-refractivity contribution in [2.24, 2.45) is 0 Å². The summed E-state index contributed by atoms with van der Waals surface area (Å²) in [4.78, 5) is 38.7. The maximum Gasteiger partial charge on any atom is 0.263 e. The highest BCUT2D eigenvalue weighted by molar-refractivity contribution is 7.20. The van der Waals surface area contributed by atoms with Gasteiger partial charge in [-0.3, -0.25) is 14.6 Å². The third-order valence-electron chi connectivity index (χ3n) is 5.26. The number of hydrogen-bond donors (Lipinski definition) is 0. The van der Waals surface area contributed by atoms with E-state index in [9.17, 15) is 18.4 Å². The summed E-state index contributed by atoms with van der Waals surface area (Å²) >= 11 is 1.33. The fraction of sp³-hybridized carbons (Fsp3) is 0.333. The lowest BCUT2D eigenvalue weighted by Gasteiger charge is -2.32. The first kappa shape index (κ1) is 20.3. The number of piperidine rings is 1. The molecule has 1 aliphatic heterocycles. The van der Waals surface area contributed by atoms with E-state index in [1.807, 2.05) is 0 Å². The Morgan fingerprint density at radius 2 is 1.70 bits per heavy atom. The van der Waals surface area contributed by atoms with Crippen molar-refractivity contribution in [3.8, 4) is 0 Å². The van der Waals surface area contributed by atoms with Gasteiger partial charge in [-0.25, -0.2) is 13.8 Å². The number of carbonyl (C=O) groups is 2. The summed E-state index contributed by atoms with van der Waals surface area (Å²) in [5.41, 5.74) is 1.61. The smallest absolute Gasteiger partial charge is 0.263 e. The second kappa shape index (κ2) is 8.06. The monoisotopic (exact) mass is 430 g/mol. The number of nitrogens with zero attached hydrogens (tertiary/aromatic N) is 4. The largest absolute Gasteiger partial charge is 0.344 e. The third-order valence-corrected chi connectivity index (χ3v) is 6.35. The van der Waals surface area contributed by atoms with Gasteiger partial charge >= 0.3 is 0 Å². The van der Waals surface area contributed by atoms with Gasteiger partial charge in [0.2, 0.25) is 0 Å². The van der Waals surface area contributed by atoms with E-state index in [0.29, 0.717) is 35.6 Å². The summed E-state index contributed by atoms with van der Waals surface area (Å²) in [5.74, 6) is -2.00. The van der Waals surface area contributed by atoms with Crippen LogP contribution < -0.4 is 0 Å². The number of thiophene rings is 1. The number of benzene rings is 1. The van der Waals surface area contributed by atoms with E-state index in [-0.39, 0.29) is 17.4 Å². The van der Waals surface area contributed by atoms with Crippen LogP contribution in [0.4, 0.5) is 8.78 Å². The summed E-state index contributed by atoms with van der Waals surface area (Å²) in [6.07, 6.45) is 4.46. The number of hydrogen-bond acceptors (Lipinski definition) is 5. The molecule has 0 unspecified atom stereocenters. The molecule has 0 atom stereocenters. The number of fused-ring (bicyclic) bond motifs is 1. The van der Waals surface area contributed by atoms with Crippen molar-refractivity contribution in [2.75, 3.05) is 27.2 Å². The van der Waals surface area contributed by atoms with Crippen molar-refractivity contribution < 1.29 is 18.4 Å². The van der Waals surface area contributed by atoms with Crippen molar-refractivity contribution in [1.82, 2.24) is 19.8 Å². The number of aromatic nitrogens is 2. The topological polar surface area (TPSA) is 66.4 Å². The Bertz CT molecular complexity index is 1100. The average molecular weight is 430 g/mol. The first-order chi connectivity index (χ1) is 14.3. The van der Waals surface area contributed by atoms with Gasteiger partial charge < -0.3 is 9.80 Å². The molecule has 3 aromatic rings. The van der Waals surface area contributed by atoms with E-state index in [1.54, 1.807) is 31.4 Å². The minimum absolute atomic E-state index is 0.00118. The average Bonchev–Trinajstić information content (AvgIpc) is 3.11. The number of likely N-dealkylation sites (tertiary alicyclic amines) is 1. The van der Waals surface area contributed by atoms with Crippen LogP contribution in [0, 0.1) is 11.6 Å².